The molecule has 0 amide bonds. The second-order valence-electron chi connectivity index (χ2n) is 5.19. The van der Waals surface area contributed by atoms with Gasteiger partial charge in [0.2, 0.25) is 0 Å². The summed E-state index contributed by atoms with van der Waals surface area (Å²) in [5.41, 5.74) is 0. The highest BCUT2D eigenvalue weighted by atomic mass is 16.8. The van der Waals surface area contributed by atoms with Gasteiger partial charge in [-0.2, -0.15) is 0 Å². The standard InChI is InChI=1S/C11H20O5/c1-10(2)13-6-8-9(16-10)7(5-12)14-11(3,4)15-8/h7-9,12H,5-6H2,1-4H3/t7-,8-,9+/m0/s1. The smallest absolute Gasteiger partial charge is 0.163 e. The molecule has 94 valence electrons. The van der Waals surface area contributed by atoms with Gasteiger partial charge in [-0.1, -0.05) is 0 Å². The topological polar surface area (TPSA) is 57.2 Å². The third-order valence-electron chi connectivity index (χ3n) is 2.80. The van der Waals surface area contributed by atoms with Gasteiger partial charge in [-0.25, -0.2) is 0 Å². The fourth-order valence-electron chi connectivity index (χ4n) is 2.20. The van der Waals surface area contributed by atoms with Gasteiger partial charge in [0, 0.05) is 0 Å². The summed E-state index contributed by atoms with van der Waals surface area (Å²) < 4.78 is 22.6. The zero-order valence-corrected chi connectivity index (χ0v) is 10.2. The zero-order chi connectivity index (χ0) is 12.0. The van der Waals surface area contributed by atoms with Gasteiger partial charge in [0.25, 0.3) is 0 Å². The van der Waals surface area contributed by atoms with Crippen molar-refractivity contribution < 1.29 is 24.1 Å². The minimum atomic E-state index is -0.706. The minimum absolute atomic E-state index is 0.0793. The van der Waals surface area contributed by atoms with E-state index in [4.69, 9.17) is 18.9 Å². The van der Waals surface area contributed by atoms with E-state index >= 15 is 0 Å². The molecule has 5 heteroatoms. The maximum atomic E-state index is 9.33. The third-order valence-corrected chi connectivity index (χ3v) is 2.80. The highest BCUT2D eigenvalue weighted by molar-refractivity contribution is 4.89. The van der Waals surface area contributed by atoms with Crippen LogP contribution in [0, 0.1) is 0 Å². The SMILES string of the molecule is CC1(C)OC[C@@H]2OC(C)(C)O[C@@H](CO)[C@H]2O1. The minimum Gasteiger partial charge on any atom is -0.394 e. The molecule has 0 aromatic heterocycles. The lowest BCUT2D eigenvalue weighted by Gasteiger charge is -2.50. The lowest BCUT2D eigenvalue weighted by Crippen LogP contribution is -2.63. The molecule has 2 aliphatic heterocycles. The summed E-state index contributed by atoms with van der Waals surface area (Å²) in [5.74, 6) is -1.36. The number of aliphatic hydroxyl groups excluding tert-OH is 1. The van der Waals surface area contributed by atoms with E-state index in [-0.39, 0.29) is 24.9 Å². The second-order valence-corrected chi connectivity index (χ2v) is 5.19. The Bertz CT molecular complexity index is 253. The molecular formula is C11H20O5. The van der Waals surface area contributed by atoms with E-state index in [1.54, 1.807) is 0 Å². The lowest BCUT2D eigenvalue weighted by atomic mass is 10.0. The highest BCUT2D eigenvalue weighted by Gasteiger charge is 2.49. The molecule has 3 atom stereocenters. The normalized spacial score (nSPS) is 41.4. The van der Waals surface area contributed by atoms with Crippen LogP contribution in [0.1, 0.15) is 27.7 Å². The zero-order valence-electron chi connectivity index (χ0n) is 10.2. The second kappa shape index (κ2) is 3.92. The van der Waals surface area contributed by atoms with Crippen molar-refractivity contribution in [2.75, 3.05) is 13.2 Å². The van der Waals surface area contributed by atoms with Crippen molar-refractivity contribution in [1.82, 2.24) is 0 Å². The maximum Gasteiger partial charge on any atom is 0.163 e. The Morgan fingerprint density at radius 2 is 1.75 bits per heavy atom. The van der Waals surface area contributed by atoms with Gasteiger partial charge in [-0.05, 0) is 27.7 Å². The van der Waals surface area contributed by atoms with Crippen LogP contribution in [0.15, 0.2) is 0 Å². The predicted octanol–water partition coefficient (Wildman–Crippen LogP) is 0.650. The van der Waals surface area contributed by atoms with Crippen LogP contribution in [0.2, 0.25) is 0 Å². The monoisotopic (exact) mass is 232 g/mol. The lowest BCUT2D eigenvalue weighted by molar-refractivity contribution is -0.408. The van der Waals surface area contributed by atoms with Gasteiger partial charge in [0.1, 0.15) is 18.3 Å². The van der Waals surface area contributed by atoms with Gasteiger partial charge in [0.15, 0.2) is 11.6 Å². The van der Waals surface area contributed by atoms with Crippen LogP contribution in [-0.2, 0) is 18.9 Å². The van der Waals surface area contributed by atoms with Crippen LogP contribution in [0.4, 0.5) is 0 Å². The number of hydrogen-bond acceptors (Lipinski definition) is 5. The molecule has 0 saturated carbocycles. The molecule has 5 nitrogen and oxygen atoms in total. The molecule has 2 rings (SSSR count). The summed E-state index contributed by atoms with van der Waals surface area (Å²) in [6.45, 7) is 7.72. The molecule has 16 heavy (non-hydrogen) atoms. The first kappa shape index (κ1) is 12.3. The number of ether oxygens (including phenoxy) is 4. The molecule has 2 fully saturated rings. The molecule has 1 N–H and O–H groups in total. The van der Waals surface area contributed by atoms with Crippen molar-refractivity contribution in [3.05, 3.63) is 0 Å². The van der Waals surface area contributed by atoms with Gasteiger partial charge in [-0.3, -0.25) is 0 Å². The van der Waals surface area contributed by atoms with Gasteiger partial charge < -0.3 is 24.1 Å². The largest absolute Gasteiger partial charge is 0.394 e. The van der Waals surface area contributed by atoms with Crippen LogP contribution < -0.4 is 0 Å². The van der Waals surface area contributed by atoms with Crippen molar-refractivity contribution in [3.8, 4) is 0 Å². The van der Waals surface area contributed by atoms with E-state index in [9.17, 15) is 5.11 Å². The van der Waals surface area contributed by atoms with Crippen LogP contribution in [0.25, 0.3) is 0 Å². The highest BCUT2D eigenvalue weighted by Crippen LogP contribution is 2.35. The Hall–Kier alpha value is -0.200. The maximum absolute atomic E-state index is 9.33. The van der Waals surface area contributed by atoms with Crippen LogP contribution in [0.5, 0.6) is 0 Å². The molecule has 2 heterocycles. The molecule has 0 aromatic rings. The summed E-state index contributed by atoms with van der Waals surface area (Å²) in [5, 5.41) is 9.33. The van der Waals surface area contributed by atoms with Crippen LogP contribution >= 0.6 is 0 Å². The Morgan fingerprint density at radius 1 is 1.06 bits per heavy atom. The fourth-order valence-corrected chi connectivity index (χ4v) is 2.20. The summed E-state index contributed by atoms with van der Waals surface area (Å²) in [7, 11) is 0. The average Bonchev–Trinajstić information content (AvgIpc) is 2.16. The number of rotatable bonds is 1. The van der Waals surface area contributed by atoms with Crippen molar-refractivity contribution in [1.29, 1.82) is 0 Å². The molecule has 0 bridgehead atoms. The number of aliphatic hydroxyl groups is 1. The molecule has 0 radical (unpaired) electrons. The first-order valence-corrected chi connectivity index (χ1v) is 5.61. The van der Waals surface area contributed by atoms with Gasteiger partial charge in [-0.15, -0.1) is 0 Å². The van der Waals surface area contributed by atoms with Crippen molar-refractivity contribution in [3.63, 3.8) is 0 Å². The van der Waals surface area contributed by atoms with E-state index in [1.807, 2.05) is 27.7 Å². The van der Waals surface area contributed by atoms with E-state index in [0.717, 1.165) is 0 Å². The molecular weight excluding hydrogens is 212 g/mol. The summed E-state index contributed by atoms with van der Waals surface area (Å²) in [6, 6.07) is 0. The Balaban J connectivity index is 2.14. The van der Waals surface area contributed by atoms with Crippen LogP contribution in [-0.4, -0.2) is 48.2 Å². The van der Waals surface area contributed by atoms with Crippen LogP contribution in [0.3, 0.4) is 0 Å². The number of hydrogen-bond donors (Lipinski definition) is 1. The van der Waals surface area contributed by atoms with Crippen molar-refractivity contribution in [2.45, 2.75) is 57.6 Å². The van der Waals surface area contributed by atoms with Crippen molar-refractivity contribution in [2.24, 2.45) is 0 Å². The molecule has 2 aliphatic rings. The Morgan fingerprint density at radius 3 is 2.38 bits per heavy atom. The van der Waals surface area contributed by atoms with E-state index in [1.165, 1.54) is 0 Å². The fraction of sp³-hybridized carbons (Fsp3) is 1.00. The Labute approximate surface area is 95.6 Å². The molecule has 0 unspecified atom stereocenters. The summed E-state index contributed by atoms with van der Waals surface area (Å²) in [4.78, 5) is 0. The van der Waals surface area contributed by atoms with E-state index in [2.05, 4.69) is 0 Å². The first-order valence-electron chi connectivity index (χ1n) is 5.61. The summed E-state index contributed by atoms with van der Waals surface area (Å²) >= 11 is 0. The molecule has 2 saturated heterocycles. The van der Waals surface area contributed by atoms with Gasteiger partial charge >= 0.3 is 0 Å². The first-order chi connectivity index (χ1) is 7.33. The quantitative estimate of drug-likeness (QED) is 0.719. The molecule has 0 spiro atoms. The number of fused-ring (bicyclic) bond motifs is 1. The van der Waals surface area contributed by atoms with Crippen molar-refractivity contribution >= 4 is 0 Å². The van der Waals surface area contributed by atoms with E-state index in [0.29, 0.717) is 6.61 Å². The van der Waals surface area contributed by atoms with E-state index < -0.39 is 11.6 Å². The third kappa shape index (κ3) is 2.38. The molecule has 0 aliphatic carbocycles. The predicted molar refractivity (Wildman–Crippen MR) is 55.8 cm³/mol. The average molecular weight is 232 g/mol. The van der Waals surface area contributed by atoms with Gasteiger partial charge in [0.05, 0.1) is 13.2 Å². The Kier molecular flexibility index (Phi) is 3.01. The molecule has 0 aromatic carbocycles. The summed E-state index contributed by atoms with van der Waals surface area (Å²) in [6.07, 6.45) is -0.826.